The molecule has 0 saturated heterocycles. The number of thiophene rings is 1. The van der Waals surface area contributed by atoms with Crippen LogP contribution in [0.5, 0.6) is 0 Å². The van der Waals surface area contributed by atoms with E-state index in [1.54, 1.807) is 11.3 Å². The molecule has 2 heterocycles. The number of aromatic nitrogens is 2. The Morgan fingerprint density at radius 1 is 1.60 bits per heavy atom. The zero-order valence-corrected chi connectivity index (χ0v) is 12.1. The van der Waals surface area contributed by atoms with Crippen LogP contribution in [0.25, 0.3) is 0 Å². The van der Waals surface area contributed by atoms with Gasteiger partial charge in [0.25, 0.3) is 0 Å². The van der Waals surface area contributed by atoms with Gasteiger partial charge in [0.05, 0.1) is 6.20 Å². The molecular formula is C10H10Br2N2S. The minimum Gasteiger partial charge on any atom is -0.261 e. The van der Waals surface area contributed by atoms with Gasteiger partial charge in [0.2, 0.25) is 0 Å². The van der Waals surface area contributed by atoms with Crippen molar-refractivity contribution in [1.82, 2.24) is 9.78 Å². The lowest BCUT2D eigenvalue weighted by molar-refractivity contribution is 0.747. The average Bonchev–Trinajstić information content (AvgIpc) is 2.79. The van der Waals surface area contributed by atoms with Crippen molar-refractivity contribution >= 4 is 43.2 Å². The molecule has 0 aliphatic rings. The largest absolute Gasteiger partial charge is 0.261 e. The molecule has 0 saturated carbocycles. The summed E-state index contributed by atoms with van der Waals surface area (Å²) in [5.41, 5.74) is 1.20. The minimum absolute atomic E-state index is 0.319. The molecule has 0 aliphatic heterocycles. The number of aryl methyl sites for hydroxylation is 1. The predicted molar refractivity (Wildman–Crippen MR) is 70.6 cm³/mol. The van der Waals surface area contributed by atoms with E-state index >= 15 is 0 Å². The third-order valence-corrected chi connectivity index (χ3v) is 4.88. The average molecular weight is 350 g/mol. The van der Waals surface area contributed by atoms with E-state index in [1.165, 1.54) is 10.4 Å². The molecule has 5 heteroatoms. The summed E-state index contributed by atoms with van der Waals surface area (Å²) in [5, 5.41) is 6.31. The van der Waals surface area contributed by atoms with Crippen LogP contribution in [0, 0.1) is 0 Å². The van der Waals surface area contributed by atoms with Gasteiger partial charge in [-0.3, -0.25) is 4.68 Å². The first-order valence-corrected chi connectivity index (χ1v) is 7.11. The van der Waals surface area contributed by atoms with Gasteiger partial charge < -0.3 is 0 Å². The van der Waals surface area contributed by atoms with Crippen LogP contribution in [0.15, 0.2) is 28.3 Å². The summed E-state index contributed by atoms with van der Waals surface area (Å²) >= 11 is 9.01. The van der Waals surface area contributed by atoms with Crippen molar-refractivity contribution in [3.8, 4) is 0 Å². The van der Waals surface area contributed by atoms with Crippen LogP contribution in [-0.4, -0.2) is 9.78 Å². The van der Waals surface area contributed by atoms with E-state index < -0.39 is 0 Å². The highest BCUT2D eigenvalue weighted by molar-refractivity contribution is 9.10. The molecule has 2 nitrogen and oxygen atoms in total. The molecule has 0 radical (unpaired) electrons. The van der Waals surface area contributed by atoms with Crippen LogP contribution in [0.4, 0.5) is 0 Å². The van der Waals surface area contributed by atoms with Gasteiger partial charge in [0, 0.05) is 22.3 Å². The highest BCUT2D eigenvalue weighted by Crippen LogP contribution is 2.32. The molecule has 2 aromatic heterocycles. The van der Waals surface area contributed by atoms with Crippen molar-refractivity contribution in [3.63, 3.8) is 0 Å². The lowest BCUT2D eigenvalue weighted by Crippen LogP contribution is -1.94. The first-order chi connectivity index (χ1) is 7.18. The molecular weight excluding hydrogens is 340 g/mol. The van der Waals surface area contributed by atoms with Crippen molar-refractivity contribution in [3.05, 3.63) is 38.8 Å². The molecule has 0 aromatic carbocycles. The molecule has 2 rings (SSSR count). The Morgan fingerprint density at radius 3 is 2.93 bits per heavy atom. The van der Waals surface area contributed by atoms with Crippen LogP contribution >= 0.6 is 43.2 Å². The molecule has 0 fully saturated rings. The van der Waals surface area contributed by atoms with E-state index in [9.17, 15) is 0 Å². The SMILES string of the molecule is Cn1ncc(C(Br)Cc2cccs2)c1Br. The molecule has 0 bridgehead atoms. The molecule has 1 unspecified atom stereocenters. The van der Waals surface area contributed by atoms with Crippen molar-refractivity contribution in [1.29, 1.82) is 0 Å². The number of halogens is 2. The van der Waals surface area contributed by atoms with E-state index in [0.717, 1.165) is 11.0 Å². The Morgan fingerprint density at radius 2 is 2.40 bits per heavy atom. The van der Waals surface area contributed by atoms with Gasteiger partial charge in [0.15, 0.2) is 0 Å². The van der Waals surface area contributed by atoms with Crippen molar-refractivity contribution in [2.75, 3.05) is 0 Å². The van der Waals surface area contributed by atoms with Gasteiger partial charge in [-0.1, -0.05) is 22.0 Å². The minimum atomic E-state index is 0.319. The maximum Gasteiger partial charge on any atom is 0.108 e. The molecule has 15 heavy (non-hydrogen) atoms. The second-order valence-corrected chi connectivity index (χ2v) is 6.15. The Kier molecular flexibility index (Phi) is 3.64. The second-order valence-electron chi connectivity index (χ2n) is 3.27. The van der Waals surface area contributed by atoms with Gasteiger partial charge in [-0.05, 0) is 33.8 Å². The standard InChI is InChI=1S/C10H10Br2N2S/c1-14-10(12)8(6-13-14)9(11)5-7-3-2-4-15-7/h2-4,6,9H,5H2,1H3. The quantitative estimate of drug-likeness (QED) is 0.768. The van der Waals surface area contributed by atoms with Crippen LogP contribution in [0.3, 0.4) is 0 Å². The summed E-state index contributed by atoms with van der Waals surface area (Å²) in [7, 11) is 1.93. The van der Waals surface area contributed by atoms with Gasteiger partial charge >= 0.3 is 0 Å². The molecule has 0 aliphatic carbocycles. The van der Waals surface area contributed by atoms with E-state index in [4.69, 9.17) is 0 Å². The molecule has 0 amide bonds. The normalized spacial score (nSPS) is 13.0. The Labute approximate surface area is 110 Å². The summed E-state index contributed by atoms with van der Waals surface area (Å²) in [5.74, 6) is 0. The van der Waals surface area contributed by atoms with Gasteiger partial charge in [-0.25, -0.2) is 0 Å². The highest BCUT2D eigenvalue weighted by Gasteiger charge is 2.15. The van der Waals surface area contributed by atoms with Crippen molar-refractivity contribution in [2.24, 2.45) is 7.05 Å². The van der Waals surface area contributed by atoms with Crippen molar-refractivity contribution in [2.45, 2.75) is 11.2 Å². The molecule has 1 atom stereocenters. The van der Waals surface area contributed by atoms with Gasteiger partial charge in [0.1, 0.15) is 4.60 Å². The number of hydrogen-bond donors (Lipinski definition) is 0. The zero-order chi connectivity index (χ0) is 10.8. The third-order valence-electron chi connectivity index (χ3n) is 2.19. The van der Waals surface area contributed by atoms with E-state index in [-0.39, 0.29) is 0 Å². The van der Waals surface area contributed by atoms with Crippen LogP contribution in [0.1, 0.15) is 15.3 Å². The summed E-state index contributed by atoms with van der Waals surface area (Å²) in [6, 6.07) is 4.24. The number of rotatable bonds is 3. The number of hydrogen-bond acceptors (Lipinski definition) is 2. The molecule has 2 aromatic rings. The summed E-state index contributed by atoms with van der Waals surface area (Å²) in [4.78, 5) is 1.70. The predicted octanol–water partition coefficient (Wildman–Crippen LogP) is 3.92. The summed E-state index contributed by atoms with van der Waals surface area (Å²) in [6.45, 7) is 0. The molecule has 80 valence electrons. The first-order valence-electron chi connectivity index (χ1n) is 4.52. The fourth-order valence-corrected chi connectivity index (χ4v) is 3.79. The van der Waals surface area contributed by atoms with Crippen molar-refractivity contribution < 1.29 is 0 Å². The van der Waals surface area contributed by atoms with Crippen LogP contribution in [-0.2, 0) is 13.5 Å². The fraction of sp³-hybridized carbons (Fsp3) is 0.300. The Balaban J connectivity index is 2.14. The Bertz CT molecular complexity index is 436. The first kappa shape index (κ1) is 11.4. The number of alkyl halides is 1. The van der Waals surface area contributed by atoms with Gasteiger partial charge in [-0.2, -0.15) is 5.10 Å². The molecule has 0 spiro atoms. The topological polar surface area (TPSA) is 17.8 Å². The maximum atomic E-state index is 4.21. The van der Waals surface area contributed by atoms with Crippen LogP contribution < -0.4 is 0 Å². The maximum absolute atomic E-state index is 4.21. The second kappa shape index (κ2) is 4.80. The summed E-state index contributed by atoms with van der Waals surface area (Å²) < 4.78 is 2.87. The highest BCUT2D eigenvalue weighted by atomic mass is 79.9. The smallest absolute Gasteiger partial charge is 0.108 e. The monoisotopic (exact) mass is 348 g/mol. The van der Waals surface area contributed by atoms with E-state index in [0.29, 0.717) is 4.83 Å². The van der Waals surface area contributed by atoms with Crippen LogP contribution in [0.2, 0.25) is 0 Å². The lowest BCUT2D eigenvalue weighted by Gasteiger charge is -2.06. The zero-order valence-electron chi connectivity index (χ0n) is 8.15. The fourth-order valence-electron chi connectivity index (χ4n) is 1.37. The van der Waals surface area contributed by atoms with E-state index in [2.05, 4.69) is 54.5 Å². The number of nitrogens with zero attached hydrogens (tertiary/aromatic N) is 2. The Hall–Kier alpha value is -0.130. The lowest BCUT2D eigenvalue weighted by atomic mass is 10.2. The third kappa shape index (κ3) is 2.52. The summed E-state index contributed by atoms with van der Waals surface area (Å²) in [6.07, 6.45) is 2.90. The molecule has 0 N–H and O–H groups in total. The van der Waals surface area contributed by atoms with Gasteiger partial charge in [-0.15, -0.1) is 11.3 Å². The van der Waals surface area contributed by atoms with E-state index in [1.807, 2.05) is 17.9 Å².